The maximum absolute atomic E-state index is 3.81. The predicted octanol–water partition coefficient (Wildman–Crippen LogP) is 3.88. The fraction of sp³-hybridized carbons (Fsp3) is 0.684. The minimum absolute atomic E-state index is 0.424. The molecule has 1 unspecified atom stereocenters. The standard InChI is InChI=1S/C19H30N2/c1-3-18-14-21(13-17-9-7-8-16(2)12-17)19(15-20-18)10-5-4-6-11-19/h7-9,12,18,20H,3-6,10-11,13-15H2,1-2H3. The molecule has 1 aliphatic heterocycles. The number of aryl methyl sites for hydroxylation is 1. The minimum atomic E-state index is 0.424. The van der Waals surface area contributed by atoms with Gasteiger partial charge in [0.25, 0.3) is 0 Å². The van der Waals surface area contributed by atoms with E-state index in [2.05, 4.69) is 48.3 Å². The molecule has 1 N–H and O–H groups in total. The fourth-order valence-corrected chi connectivity index (χ4v) is 4.21. The lowest BCUT2D eigenvalue weighted by Gasteiger charge is -2.52. The first-order valence-electron chi connectivity index (χ1n) is 8.76. The number of nitrogens with one attached hydrogen (secondary N) is 1. The van der Waals surface area contributed by atoms with Crippen molar-refractivity contribution >= 4 is 0 Å². The van der Waals surface area contributed by atoms with Gasteiger partial charge in [0.2, 0.25) is 0 Å². The van der Waals surface area contributed by atoms with Gasteiger partial charge in [0.1, 0.15) is 0 Å². The molecule has 116 valence electrons. The van der Waals surface area contributed by atoms with Crippen molar-refractivity contribution < 1.29 is 0 Å². The van der Waals surface area contributed by atoms with Gasteiger partial charge in [-0.25, -0.2) is 0 Å². The van der Waals surface area contributed by atoms with Gasteiger partial charge >= 0.3 is 0 Å². The number of hydrogen-bond acceptors (Lipinski definition) is 2. The zero-order valence-corrected chi connectivity index (χ0v) is 13.7. The molecule has 0 amide bonds. The van der Waals surface area contributed by atoms with Crippen molar-refractivity contribution in [2.45, 2.75) is 70.5 Å². The third kappa shape index (κ3) is 3.32. The highest BCUT2D eigenvalue weighted by Crippen LogP contribution is 2.36. The van der Waals surface area contributed by atoms with Gasteiger partial charge in [-0.3, -0.25) is 4.90 Å². The van der Waals surface area contributed by atoms with Crippen LogP contribution in [0.15, 0.2) is 24.3 Å². The van der Waals surface area contributed by atoms with Crippen molar-refractivity contribution in [1.29, 1.82) is 0 Å². The molecular formula is C19H30N2. The van der Waals surface area contributed by atoms with Crippen LogP contribution in [0.2, 0.25) is 0 Å². The summed E-state index contributed by atoms with van der Waals surface area (Å²) in [5, 5.41) is 3.81. The van der Waals surface area contributed by atoms with Crippen molar-refractivity contribution in [3.05, 3.63) is 35.4 Å². The van der Waals surface area contributed by atoms with E-state index in [1.807, 2.05) is 0 Å². The van der Waals surface area contributed by atoms with Crippen LogP contribution in [0.3, 0.4) is 0 Å². The minimum Gasteiger partial charge on any atom is -0.311 e. The second-order valence-corrected chi connectivity index (χ2v) is 7.14. The summed E-state index contributed by atoms with van der Waals surface area (Å²) in [6, 6.07) is 9.73. The zero-order valence-electron chi connectivity index (χ0n) is 13.7. The Balaban J connectivity index is 1.79. The van der Waals surface area contributed by atoms with Crippen LogP contribution in [0.4, 0.5) is 0 Å². The zero-order chi connectivity index (χ0) is 14.7. The van der Waals surface area contributed by atoms with Crippen LogP contribution in [0.5, 0.6) is 0 Å². The molecule has 1 aliphatic carbocycles. The van der Waals surface area contributed by atoms with E-state index in [0.29, 0.717) is 11.6 Å². The van der Waals surface area contributed by atoms with Crippen molar-refractivity contribution in [3.63, 3.8) is 0 Å². The molecule has 2 heteroatoms. The smallest absolute Gasteiger partial charge is 0.0338 e. The molecule has 2 nitrogen and oxygen atoms in total. The number of rotatable bonds is 3. The predicted molar refractivity (Wildman–Crippen MR) is 89.5 cm³/mol. The highest BCUT2D eigenvalue weighted by atomic mass is 15.3. The van der Waals surface area contributed by atoms with Crippen LogP contribution < -0.4 is 5.32 Å². The first-order valence-corrected chi connectivity index (χ1v) is 8.76. The molecule has 0 aromatic heterocycles. The van der Waals surface area contributed by atoms with Crippen LogP contribution in [-0.4, -0.2) is 29.6 Å². The highest BCUT2D eigenvalue weighted by Gasteiger charge is 2.41. The molecule has 2 aliphatic rings. The molecule has 1 heterocycles. The fourth-order valence-electron chi connectivity index (χ4n) is 4.21. The number of hydrogen-bond donors (Lipinski definition) is 1. The number of benzene rings is 1. The van der Waals surface area contributed by atoms with Gasteiger partial charge in [-0.2, -0.15) is 0 Å². The Morgan fingerprint density at radius 1 is 1.24 bits per heavy atom. The molecular weight excluding hydrogens is 256 g/mol. The van der Waals surface area contributed by atoms with E-state index in [1.165, 1.54) is 62.7 Å². The van der Waals surface area contributed by atoms with Gasteiger partial charge in [0.05, 0.1) is 0 Å². The Bertz CT molecular complexity index is 462. The largest absolute Gasteiger partial charge is 0.311 e. The van der Waals surface area contributed by atoms with Gasteiger partial charge < -0.3 is 5.32 Å². The third-order valence-electron chi connectivity index (χ3n) is 5.56. The second-order valence-electron chi connectivity index (χ2n) is 7.14. The molecule has 1 aromatic rings. The average Bonchev–Trinajstić information content (AvgIpc) is 2.51. The van der Waals surface area contributed by atoms with Crippen LogP contribution in [-0.2, 0) is 6.54 Å². The molecule has 0 bridgehead atoms. The van der Waals surface area contributed by atoms with Gasteiger partial charge in [-0.15, -0.1) is 0 Å². The Hall–Kier alpha value is -0.860. The molecule has 2 fully saturated rings. The maximum Gasteiger partial charge on any atom is 0.0338 e. The molecule has 0 radical (unpaired) electrons. The molecule has 21 heavy (non-hydrogen) atoms. The summed E-state index contributed by atoms with van der Waals surface area (Å²) >= 11 is 0. The lowest BCUT2D eigenvalue weighted by molar-refractivity contribution is 0.00272. The van der Waals surface area contributed by atoms with Crippen molar-refractivity contribution in [3.8, 4) is 0 Å². The topological polar surface area (TPSA) is 15.3 Å². The SMILES string of the molecule is CCC1CN(Cc2cccc(C)c2)C2(CCCCC2)CN1. The monoisotopic (exact) mass is 286 g/mol. The van der Waals surface area contributed by atoms with Crippen LogP contribution >= 0.6 is 0 Å². The quantitative estimate of drug-likeness (QED) is 0.907. The first-order chi connectivity index (χ1) is 10.2. The molecule has 1 atom stereocenters. The Morgan fingerprint density at radius 2 is 2.05 bits per heavy atom. The van der Waals surface area contributed by atoms with Gasteiger partial charge in [-0.1, -0.05) is 56.0 Å². The summed E-state index contributed by atoms with van der Waals surface area (Å²) < 4.78 is 0. The van der Waals surface area contributed by atoms with Crippen LogP contribution in [0.1, 0.15) is 56.6 Å². The van der Waals surface area contributed by atoms with E-state index < -0.39 is 0 Å². The Morgan fingerprint density at radius 3 is 2.76 bits per heavy atom. The van der Waals surface area contributed by atoms with E-state index >= 15 is 0 Å². The highest BCUT2D eigenvalue weighted by molar-refractivity contribution is 5.22. The van der Waals surface area contributed by atoms with E-state index in [1.54, 1.807) is 0 Å². The van der Waals surface area contributed by atoms with Crippen LogP contribution in [0.25, 0.3) is 0 Å². The Labute approximate surface area is 129 Å². The first kappa shape index (κ1) is 15.1. The van der Waals surface area contributed by atoms with Gasteiger partial charge in [0, 0.05) is 31.2 Å². The normalized spacial score (nSPS) is 26.1. The second kappa shape index (κ2) is 6.50. The van der Waals surface area contributed by atoms with E-state index in [-0.39, 0.29) is 0 Å². The molecule has 1 spiro atoms. The molecule has 1 saturated carbocycles. The van der Waals surface area contributed by atoms with Crippen molar-refractivity contribution in [2.75, 3.05) is 13.1 Å². The number of nitrogens with zero attached hydrogens (tertiary/aromatic N) is 1. The summed E-state index contributed by atoms with van der Waals surface area (Å²) in [5.41, 5.74) is 3.29. The molecule has 1 aromatic carbocycles. The van der Waals surface area contributed by atoms with Crippen molar-refractivity contribution in [1.82, 2.24) is 10.2 Å². The summed E-state index contributed by atoms with van der Waals surface area (Å²) in [6.45, 7) is 8.04. The van der Waals surface area contributed by atoms with E-state index in [4.69, 9.17) is 0 Å². The summed E-state index contributed by atoms with van der Waals surface area (Å²) in [4.78, 5) is 2.81. The Kier molecular flexibility index (Phi) is 4.66. The lowest BCUT2D eigenvalue weighted by atomic mass is 9.78. The third-order valence-corrected chi connectivity index (χ3v) is 5.56. The average molecular weight is 286 g/mol. The maximum atomic E-state index is 3.81. The number of piperazine rings is 1. The lowest BCUT2D eigenvalue weighted by Crippen LogP contribution is -2.64. The van der Waals surface area contributed by atoms with E-state index in [9.17, 15) is 0 Å². The molecule has 3 rings (SSSR count). The van der Waals surface area contributed by atoms with Crippen molar-refractivity contribution in [2.24, 2.45) is 0 Å². The van der Waals surface area contributed by atoms with Gasteiger partial charge in [0.15, 0.2) is 0 Å². The van der Waals surface area contributed by atoms with E-state index in [0.717, 1.165) is 6.54 Å². The summed E-state index contributed by atoms with van der Waals surface area (Å²) in [6.07, 6.45) is 8.23. The summed E-state index contributed by atoms with van der Waals surface area (Å²) in [7, 11) is 0. The van der Waals surface area contributed by atoms with Crippen LogP contribution in [0, 0.1) is 6.92 Å². The molecule has 1 saturated heterocycles. The summed E-state index contributed by atoms with van der Waals surface area (Å²) in [5.74, 6) is 0. The van der Waals surface area contributed by atoms with Gasteiger partial charge in [-0.05, 0) is 31.7 Å².